The van der Waals surface area contributed by atoms with Crippen LogP contribution in [0.2, 0.25) is 5.02 Å². The number of aromatic nitrogens is 2. The van der Waals surface area contributed by atoms with Gasteiger partial charge >= 0.3 is 0 Å². The van der Waals surface area contributed by atoms with Crippen molar-refractivity contribution in [2.45, 2.75) is 25.8 Å². The normalized spacial score (nSPS) is 17.1. The van der Waals surface area contributed by atoms with Gasteiger partial charge in [0.05, 0.1) is 12.5 Å². The molecule has 1 aromatic carbocycles. The highest BCUT2D eigenvalue weighted by Gasteiger charge is 2.32. The summed E-state index contributed by atoms with van der Waals surface area (Å²) >= 11 is 6.06. The fourth-order valence-corrected chi connectivity index (χ4v) is 4.39. The molecule has 33 heavy (non-hydrogen) atoms. The number of rotatable bonds is 6. The standard InChI is InChI=1S/C23H30ClN7O2/c1-15(2)25-12-18(16-4-6-17(24)7-5-16)23(33)31-10-8-30(9-11-31)22-20-21(26-14-27-22)28-19(32)13-29(20)3/h4-7,14-15,18,25H,8-13H2,1-3H3,(H,26,27,28,32)/t18-/m1/s1. The fourth-order valence-electron chi connectivity index (χ4n) is 4.27. The van der Waals surface area contributed by atoms with Crippen LogP contribution in [0.4, 0.5) is 17.3 Å². The molecule has 0 aliphatic carbocycles. The molecule has 4 rings (SSSR count). The van der Waals surface area contributed by atoms with Crippen molar-refractivity contribution in [1.29, 1.82) is 0 Å². The molecule has 176 valence electrons. The lowest BCUT2D eigenvalue weighted by Crippen LogP contribution is -2.51. The molecule has 1 fully saturated rings. The number of hydrogen-bond donors (Lipinski definition) is 2. The number of nitrogens with one attached hydrogen (secondary N) is 2. The molecule has 9 nitrogen and oxygen atoms in total. The van der Waals surface area contributed by atoms with E-state index in [4.69, 9.17) is 11.6 Å². The lowest BCUT2D eigenvalue weighted by atomic mass is 9.96. The van der Waals surface area contributed by atoms with E-state index in [0.29, 0.717) is 43.6 Å². The van der Waals surface area contributed by atoms with Crippen molar-refractivity contribution >= 4 is 40.7 Å². The number of nitrogens with zero attached hydrogens (tertiary/aromatic N) is 5. The van der Waals surface area contributed by atoms with Crippen molar-refractivity contribution in [2.24, 2.45) is 0 Å². The summed E-state index contributed by atoms with van der Waals surface area (Å²) in [6.45, 7) is 7.48. The lowest BCUT2D eigenvalue weighted by molar-refractivity contribution is -0.133. The largest absolute Gasteiger partial charge is 0.359 e. The monoisotopic (exact) mass is 471 g/mol. The van der Waals surface area contributed by atoms with Crippen LogP contribution < -0.4 is 20.4 Å². The maximum absolute atomic E-state index is 13.5. The average molecular weight is 472 g/mol. The van der Waals surface area contributed by atoms with Crippen molar-refractivity contribution in [1.82, 2.24) is 20.2 Å². The maximum atomic E-state index is 13.5. The van der Waals surface area contributed by atoms with Gasteiger partial charge in [0.25, 0.3) is 0 Å². The van der Waals surface area contributed by atoms with E-state index in [2.05, 4.69) is 39.3 Å². The molecule has 0 bridgehead atoms. The summed E-state index contributed by atoms with van der Waals surface area (Å²) in [4.78, 5) is 40.0. The first-order chi connectivity index (χ1) is 15.8. The van der Waals surface area contributed by atoms with E-state index in [1.54, 1.807) is 0 Å². The van der Waals surface area contributed by atoms with Crippen LogP contribution in [-0.2, 0) is 9.59 Å². The minimum Gasteiger partial charge on any atom is -0.359 e. The number of anilines is 3. The first-order valence-corrected chi connectivity index (χ1v) is 11.6. The molecule has 10 heteroatoms. The summed E-state index contributed by atoms with van der Waals surface area (Å²) < 4.78 is 0. The zero-order valence-corrected chi connectivity index (χ0v) is 20.0. The van der Waals surface area contributed by atoms with Crippen LogP contribution in [0.3, 0.4) is 0 Å². The number of carbonyl (C=O) groups is 2. The Hall–Kier alpha value is -2.91. The van der Waals surface area contributed by atoms with E-state index < -0.39 is 0 Å². The number of carbonyl (C=O) groups excluding carboxylic acids is 2. The van der Waals surface area contributed by atoms with Gasteiger partial charge in [-0.3, -0.25) is 9.59 Å². The third-order valence-corrected chi connectivity index (χ3v) is 6.27. The first-order valence-electron chi connectivity index (χ1n) is 11.2. The predicted octanol–water partition coefficient (Wildman–Crippen LogP) is 1.95. The van der Waals surface area contributed by atoms with E-state index in [-0.39, 0.29) is 30.3 Å². The van der Waals surface area contributed by atoms with Gasteiger partial charge in [0, 0.05) is 50.8 Å². The topological polar surface area (TPSA) is 93.7 Å². The minimum atomic E-state index is -0.274. The molecule has 0 spiro atoms. The number of benzene rings is 1. The Balaban J connectivity index is 1.47. The zero-order chi connectivity index (χ0) is 23.5. The Labute approximate surface area is 199 Å². The molecule has 2 aliphatic rings. The van der Waals surface area contributed by atoms with Crippen molar-refractivity contribution in [3.8, 4) is 0 Å². The van der Waals surface area contributed by atoms with E-state index in [0.717, 1.165) is 17.1 Å². The Bertz CT molecular complexity index is 1010. The second-order valence-corrected chi connectivity index (χ2v) is 9.21. The quantitative estimate of drug-likeness (QED) is 0.665. The molecule has 1 saturated heterocycles. The molecular weight excluding hydrogens is 442 g/mol. The molecular formula is C23H30ClN7O2. The van der Waals surface area contributed by atoms with Gasteiger partial charge in [-0.25, -0.2) is 9.97 Å². The second-order valence-electron chi connectivity index (χ2n) is 8.78. The minimum absolute atomic E-state index is 0.0895. The van der Waals surface area contributed by atoms with Crippen molar-refractivity contribution in [3.05, 3.63) is 41.2 Å². The molecule has 2 aromatic rings. The molecule has 0 radical (unpaired) electrons. The predicted molar refractivity (Wildman–Crippen MR) is 130 cm³/mol. The van der Waals surface area contributed by atoms with Crippen LogP contribution in [0.15, 0.2) is 30.6 Å². The summed E-state index contributed by atoms with van der Waals surface area (Å²) in [5.74, 6) is 1.06. The van der Waals surface area contributed by atoms with Gasteiger partial charge in [0.15, 0.2) is 11.6 Å². The van der Waals surface area contributed by atoms with E-state index in [1.165, 1.54) is 6.33 Å². The fraction of sp³-hybridized carbons (Fsp3) is 0.478. The maximum Gasteiger partial charge on any atom is 0.245 e. The molecule has 2 amide bonds. The molecule has 1 aromatic heterocycles. The van der Waals surface area contributed by atoms with Crippen molar-refractivity contribution in [3.63, 3.8) is 0 Å². The smallest absolute Gasteiger partial charge is 0.245 e. The molecule has 1 atom stereocenters. The number of amides is 2. The van der Waals surface area contributed by atoms with Crippen LogP contribution in [-0.4, -0.2) is 79.0 Å². The number of likely N-dealkylation sites (N-methyl/N-ethyl adjacent to an activating group) is 1. The highest BCUT2D eigenvalue weighted by molar-refractivity contribution is 6.30. The highest BCUT2D eigenvalue weighted by Crippen LogP contribution is 2.35. The van der Waals surface area contributed by atoms with Crippen LogP contribution in [0.25, 0.3) is 0 Å². The molecule has 0 saturated carbocycles. The van der Waals surface area contributed by atoms with Crippen molar-refractivity contribution in [2.75, 3.05) is 61.4 Å². The second kappa shape index (κ2) is 9.93. The van der Waals surface area contributed by atoms with Gasteiger partial charge < -0.3 is 25.3 Å². The lowest BCUT2D eigenvalue weighted by Gasteiger charge is -2.39. The molecule has 0 unspecified atom stereocenters. The molecule has 3 heterocycles. The van der Waals surface area contributed by atoms with Crippen LogP contribution in [0.1, 0.15) is 25.3 Å². The summed E-state index contributed by atoms with van der Waals surface area (Å²) in [5, 5.41) is 6.88. The van der Waals surface area contributed by atoms with Crippen LogP contribution in [0, 0.1) is 0 Å². The van der Waals surface area contributed by atoms with Gasteiger partial charge in [-0.2, -0.15) is 0 Å². The first kappa shape index (κ1) is 23.3. The Morgan fingerprint density at radius 3 is 2.52 bits per heavy atom. The molecule has 2 aliphatic heterocycles. The summed E-state index contributed by atoms with van der Waals surface area (Å²) in [5.41, 5.74) is 1.78. The summed E-state index contributed by atoms with van der Waals surface area (Å²) in [6.07, 6.45) is 1.47. The van der Waals surface area contributed by atoms with Crippen molar-refractivity contribution < 1.29 is 9.59 Å². The number of hydrogen-bond acceptors (Lipinski definition) is 7. The third kappa shape index (κ3) is 5.20. The summed E-state index contributed by atoms with van der Waals surface area (Å²) in [7, 11) is 1.86. The highest BCUT2D eigenvalue weighted by atomic mass is 35.5. The average Bonchev–Trinajstić information content (AvgIpc) is 2.79. The van der Waals surface area contributed by atoms with Crippen LogP contribution in [0.5, 0.6) is 0 Å². The van der Waals surface area contributed by atoms with Gasteiger partial charge in [-0.05, 0) is 17.7 Å². The van der Waals surface area contributed by atoms with E-state index in [9.17, 15) is 9.59 Å². The SMILES string of the molecule is CC(C)NC[C@@H](C(=O)N1CCN(c2ncnc3c2N(C)CC(=O)N3)CC1)c1ccc(Cl)cc1. The molecule has 2 N–H and O–H groups in total. The zero-order valence-electron chi connectivity index (χ0n) is 19.2. The van der Waals surface area contributed by atoms with Gasteiger partial charge in [0.1, 0.15) is 12.0 Å². The van der Waals surface area contributed by atoms with Gasteiger partial charge in [0.2, 0.25) is 11.8 Å². The number of fused-ring (bicyclic) bond motifs is 1. The van der Waals surface area contributed by atoms with Crippen LogP contribution >= 0.6 is 11.6 Å². The Morgan fingerprint density at radius 1 is 1.15 bits per heavy atom. The van der Waals surface area contributed by atoms with E-state index in [1.807, 2.05) is 41.1 Å². The Morgan fingerprint density at radius 2 is 1.85 bits per heavy atom. The third-order valence-electron chi connectivity index (χ3n) is 6.01. The van der Waals surface area contributed by atoms with Gasteiger partial charge in [-0.1, -0.05) is 37.6 Å². The van der Waals surface area contributed by atoms with Gasteiger partial charge in [-0.15, -0.1) is 0 Å². The Kier molecular flexibility index (Phi) is 6.99. The number of piperazine rings is 1. The van der Waals surface area contributed by atoms with E-state index >= 15 is 0 Å². The summed E-state index contributed by atoms with van der Waals surface area (Å²) in [6, 6.07) is 7.81. The number of halogens is 1.